The van der Waals surface area contributed by atoms with Gasteiger partial charge in [-0.15, -0.1) is 0 Å². The number of pyridine rings is 2. The number of H-pyrrole nitrogens is 1. The van der Waals surface area contributed by atoms with E-state index in [2.05, 4.69) is 19.9 Å². The third-order valence-corrected chi connectivity index (χ3v) is 4.83. The molecule has 1 N–H and O–H groups in total. The first-order chi connectivity index (χ1) is 12.3. The van der Waals surface area contributed by atoms with Crippen molar-refractivity contribution in [1.29, 1.82) is 0 Å². The van der Waals surface area contributed by atoms with Gasteiger partial charge in [-0.2, -0.15) is 4.98 Å². The van der Waals surface area contributed by atoms with Crippen molar-refractivity contribution in [3.8, 4) is 17.3 Å². The molecule has 2 aliphatic rings. The van der Waals surface area contributed by atoms with Crippen molar-refractivity contribution in [2.45, 2.75) is 24.7 Å². The average Bonchev–Trinajstić information content (AvgIpc) is 3.32. The number of rotatable bonds is 3. The van der Waals surface area contributed by atoms with Gasteiger partial charge >= 0.3 is 0 Å². The highest BCUT2D eigenvalue weighted by atomic mass is 35.5. The summed E-state index contributed by atoms with van der Waals surface area (Å²) in [5.74, 6) is 0. The van der Waals surface area contributed by atoms with E-state index in [1.165, 1.54) is 0 Å². The lowest BCUT2D eigenvalue weighted by Crippen LogP contribution is -2.32. The zero-order chi connectivity index (χ0) is 16.8. The molecule has 2 saturated heterocycles. The van der Waals surface area contributed by atoms with Gasteiger partial charge in [0.2, 0.25) is 0 Å². The summed E-state index contributed by atoms with van der Waals surface area (Å²) in [6.45, 7) is 1.21. The van der Waals surface area contributed by atoms with Crippen LogP contribution in [-0.4, -0.2) is 51.5 Å². The van der Waals surface area contributed by atoms with Crippen molar-refractivity contribution in [2.24, 2.45) is 0 Å². The van der Waals surface area contributed by atoms with E-state index in [-0.39, 0.29) is 18.3 Å². The van der Waals surface area contributed by atoms with Gasteiger partial charge in [0.05, 0.1) is 28.9 Å². The predicted molar refractivity (Wildman–Crippen MR) is 90.6 cm³/mol. The Balaban J connectivity index is 1.46. The van der Waals surface area contributed by atoms with Crippen molar-refractivity contribution >= 4 is 22.8 Å². The summed E-state index contributed by atoms with van der Waals surface area (Å²) in [6.07, 6.45) is 4.25. The van der Waals surface area contributed by atoms with Gasteiger partial charge in [0.15, 0.2) is 11.8 Å². The fraction of sp³-hybridized carbons (Fsp3) is 0.353. The van der Waals surface area contributed by atoms with Gasteiger partial charge in [0.1, 0.15) is 6.10 Å². The normalized spacial score (nSPS) is 25.4. The SMILES string of the molecule is Clc1cc2[nH]c(O[C@@H]3CO[C@@H]4CCO[C@@H]43)nc2nc1-c1ccncc1. The summed E-state index contributed by atoms with van der Waals surface area (Å²) in [5, 5.41) is 0.539. The van der Waals surface area contributed by atoms with Crippen LogP contribution in [0.2, 0.25) is 5.02 Å². The Kier molecular flexibility index (Phi) is 3.58. The van der Waals surface area contributed by atoms with E-state index in [9.17, 15) is 0 Å². The maximum absolute atomic E-state index is 6.38. The van der Waals surface area contributed by atoms with E-state index < -0.39 is 0 Å². The number of nitrogens with one attached hydrogen (secondary N) is 1. The summed E-state index contributed by atoms with van der Waals surface area (Å²) in [5.41, 5.74) is 2.83. The zero-order valence-electron chi connectivity index (χ0n) is 13.2. The molecule has 25 heavy (non-hydrogen) atoms. The molecule has 128 valence electrons. The molecule has 7 nitrogen and oxygen atoms in total. The van der Waals surface area contributed by atoms with E-state index in [0.29, 0.717) is 35.6 Å². The molecule has 5 rings (SSSR count). The Hall–Kier alpha value is -2.22. The molecule has 0 spiro atoms. The van der Waals surface area contributed by atoms with Crippen molar-refractivity contribution < 1.29 is 14.2 Å². The Labute approximate surface area is 148 Å². The number of ether oxygens (including phenoxy) is 3. The van der Waals surface area contributed by atoms with Crippen LogP contribution in [-0.2, 0) is 9.47 Å². The second-order valence-corrected chi connectivity index (χ2v) is 6.53. The predicted octanol–water partition coefficient (Wildman–Crippen LogP) is 2.61. The maximum Gasteiger partial charge on any atom is 0.296 e. The summed E-state index contributed by atoms with van der Waals surface area (Å²) in [6, 6.07) is 5.92. The average molecular weight is 359 g/mol. The summed E-state index contributed by atoms with van der Waals surface area (Å²) in [4.78, 5) is 16.1. The van der Waals surface area contributed by atoms with E-state index in [0.717, 1.165) is 17.5 Å². The zero-order valence-corrected chi connectivity index (χ0v) is 13.9. The number of halogens is 1. The van der Waals surface area contributed by atoms with Crippen molar-refractivity contribution in [2.75, 3.05) is 13.2 Å². The van der Waals surface area contributed by atoms with Crippen LogP contribution in [0.15, 0.2) is 30.6 Å². The lowest BCUT2D eigenvalue weighted by molar-refractivity contribution is 0.0273. The number of fused-ring (bicyclic) bond motifs is 2. The first-order valence-electron chi connectivity index (χ1n) is 8.14. The van der Waals surface area contributed by atoms with Gasteiger partial charge in [-0.3, -0.25) is 4.98 Å². The van der Waals surface area contributed by atoms with E-state index in [4.69, 9.17) is 25.8 Å². The first-order valence-corrected chi connectivity index (χ1v) is 8.52. The number of aromatic nitrogens is 4. The van der Waals surface area contributed by atoms with E-state index >= 15 is 0 Å². The van der Waals surface area contributed by atoms with Gasteiger partial charge in [-0.25, -0.2) is 4.98 Å². The van der Waals surface area contributed by atoms with Crippen LogP contribution in [0.3, 0.4) is 0 Å². The molecule has 8 heteroatoms. The van der Waals surface area contributed by atoms with Crippen LogP contribution < -0.4 is 4.74 Å². The molecule has 3 aromatic rings. The van der Waals surface area contributed by atoms with E-state index in [1.807, 2.05) is 12.1 Å². The van der Waals surface area contributed by atoms with Crippen LogP contribution >= 0.6 is 11.6 Å². The van der Waals surface area contributed by atoms with Crippen LogP contribution in [0.1, 0.15) is 6.42 Å². The number of nitrogens with zero attached hydrogens (tertiary/aromatic N) is 3. The number of hydrogen-bond donors (Lipinski definition) is 1. The molecule has 0 aromatic carbocycles. The number of aromatic amines is 1. The second-order valence-electron chi connectivity index (χ2n) is 6.12. The molecule has 5 heterocycles. The Morgan fingerprint density at radius 3 is 2.96 bits per heavy atom. The highest BCUT2D eigenvalue weighted by Crippen LogP contribution is 2.31. The first kappa shape index (κ1) is 15.1. The maximum atomic E-state index is 6.38. The molecule has 0 amide bonds. The molecular formula is C17H15ClN4O3. The summed E-state index contributed by atoms with van der Waals surface area (Å²) in [7, 11) is 0. The molecular weight excluding hydrogens is 344 g/mol. The fourth-order valence-electron chi connectivity index (χ4n) is 3.34. The van der Waals surface area contributed by atoms with Crippen molar-refractivity contribution in [3.05, 3.63) is 35.6 Å². The monoisotopic (exact) mass is 358 g/mol. The van der Waals surface area contributed by atoms with Crippen LogP contribution in [0, 0.1) is 0 Å². The van der Waals surface area contributed by atoms with Crippen molar-refractivity contribution in [3.63, 3.8) is 0 Å². The molecule has 0 radical (unpaired) electrons. The number of imidazole rings is 1. The van der Waals surface area contributed by atoms with Gasteiger partial charge in [0.25, 0.3) is 6.01 Å². The molecule has 0 aliphatic carbocycles. The Morgan fingerprint density at radius 1 is 1.20 bits per heavy atom. The Morgan fingerprint density at radius 2 is 2.08 bits per heavy atom. The molecule has 3 atom stereocenters. The second kappa shape index (κ2) is 5.94. The lowest BCUT2D eigenvalue weighted by atomic mass is 10.1. The molecule has 0 unspecified atom stereocenters. The topological polar surface area (TPSA) is 82.2 Å². The standard InChI is InChI=1S/C17H15ClN4O3/c18-10-7-11-16(21-14(10)9-1-4-19-5-2-9)22-17(20-11)25-13-8-24-12-3-6-23-15(12)13/h1-2,4-5,7,12-13,15H,3,6,8H2,(H,20,21,22)/t12-,13-,15+/m1/s1. The summed E-state index contributed by atoms with van der Waals surface area (Å²) < 4.78 is 17.3. The van der Waals surface area contributed by atoms with Gasteiger partial charge in [-0.05, 0) is 24.6 Å². The van der Waals surface area contributed by atoms with Crippen LogP contribution in [0.25, 0.3) is 22.4 Å². The minimum atomic E-state index is -0.164. The molecule has 0 bridgehead atoms. The van der Waals surface area contributed by atoms with Crippen LogP contribution in [0.5, 0.6) is 6.01 Å². The number of hydrogen-bond acceptors (Lipinski definition) is 6. The van der Waals surface area contributed by atoms with Gasteiger partial charge in [0, 0.05) is 24.6 Å². The molecule has 3 aromatic heterocycles. The largest absolute Gasteiger partial charge is 0.456 e. The van der Waals surface area contributed by atoms with Gasteiger partial charge < -0.3 is 19.2 Å². The Bertz CT molecular complexity index is 917. The minimum absolute atomic E-state index is 0.0304. The minimum Gasteiger partial charge on any atom is -0.456 e. The molecule has 2 aliphatic heterocycles. The third kappa shape index (κ3) is 2.64. The highest BCUT2D eigenvalue weighted by Gasteiger charge is 2.43. The lowest BCUT2D eigenvalue weighted by Gasteiger charge is -2.15. The third-order valence-electron chi connectivity index (χ3n) is 4.54. The van der Waals surface area contributed by atoms with Crippen LogP contribution in [0.4, 0.5) is 0 Å². The fourth-order valence-corrected chi connectivity index (χ4v) is 3.60. The quantitative estimate of drug-likeness (QED) is 0.775. The van der Waals surface area contributed by atoms with E-state index in [1.54, 1.807) is 18.5 Å². The summed E-state index contributed by atoms with van der Waals surface area (Å²) >= 11 is 6.38. The smallest absolute Gasteiger partial charge is 0.296 e. The van der Waals surface area contributed by atoms with Crippen molar-refractivity contribution in [1.82, 2.24) is 19.9 Å². The molecule has 2 fully saturated rings. The highest BCUT2D eigenvalue weighted by molar-refractivity contribution is 6.33. The van der Waals surface area contributed by atoms with Gasteiger partial charge in [-0.1, -0.05) is 11.6 Å². The molecule has 0 saturated carbocycles.